The third-order valence-electron chi connectivity index (χ3n) is 1.73. The van der Waals surface area contributed by atoms with Crippen molar-refractivity contribution in [2.75, 3.05) is 13.2 Å². The molecule has 0 N–H and O–H groups in total. The van der Waals surface area contributed by atoms with Crippen molar-refractivity contribution >= 4 is 23.5 Å². The molecule has 0 aromatic heterocycles. The Morgan fingerprint density at radius 1 is 1.31 bits per heavy atom. The van der Waals surface area contributed by atoms with Crippen LogP contribution in [-0.4, -0.2) is 13.2 Å². The predicted octanol–water partition coefficient (Wildman–Crippen LogP) is 4.22. The highest BCUT2D eigenvalue weighted by molar-refractivity contribution is 9.10. The molecule has 0 aliphatic heterocycles. The van der Waals surface area contributed by atoms with Gasteiger partial charge in [0, 0.05) is 7.21 Å². The molecule has 0 bridgehead atoms. The fourth-order valence-corrected chi connectivity index (χ4v) is 3.05. The van der Waals surface area contributed by atoms with Crippen LogP contribution in [0.5, 0.6) is 0 Å². The minimum Gasteiger partial charge on any atom is -0.309 e. The van der Waals surface area contributed by atoms with Gasteiger partial charge in [0.25, 0.3) is 0 Å². The van der Waals surface area contributed by atoms with E-state index in [2.05, 4.69) is 15.9 Å². The van der Waals surface area contributed by atoms with Crippen molar-refractivity contribution in [1.29, 1.82) is 0 Å². The molecule has 0 spiro atoms. The normalized spacial score (nSPS) is 14.4. The van der Waals surface area contributed by atoms with Crippen molar-refractivity contribution in [2.24, 2.45) is 0 Å². The topological polar surface area (TPSA) is 35.5 Å². The third-order valence-corrected chi connectivity index (χ3v) is 4.13. The monoisotopic (exact) mass is 308 g/mol. The molecule has 0 unspecified atom stereocenters. The van der Waals surface area contributed by atoms with E-state index in [1.165, 1.54) is 0 Å². The van der Waals surface area contributed by atoms with Crippen LogP contribution in [0.4, 0.5) is 0 Å². The lowest BCUT2D eigenvalue weighted by Gasteiger charge is -2.17. The summed E-state index contributed by atoms with van der Waals surface area (Å²) in [7, 11) is -3.87. The Labute approximate surface area is 108 Å². The summed E-state index contributed by atoms with van der Waals surface area (Å²) >= 11 is 3.25. The first-order valence-electron chi connectivity index (χ1n) is 6.03. The van der Waals surface area contributed by atoms with Crippen molar-refractivity contribution in [3.05, 3.63) is 34.3 Å². The Hall–Kier alpha value is -0.150. The van der Waals surface area contributed by atoms with Crippen LogP contribution in [0.3, 0.4) is 0 Å². The van der Waals surface area contributed by atoms with Crippen molar-refractivity contribution in [3.8, 4) is 0 Å². The van der Waals surface area contributed by atoms with Crippen LogP contribution in [0.15, 0.2) is 28.7 Å². The smallest absolute Gasteiger partial charge is 0.309 e. The summed E-state index contributed by atoms with van der Waals surface area (Å²) in [6, 6.07) is 6.69. The zero-order valence-corrected chi connectivity index (χ0v) is 11.8. The van der Waals surface area contributed by atoms with Gasteiger partial charge in [0.1, 0.15) is 0 Å². The lowest BCUT2D eigenvalue weighted by Crippen LogP contribution is -1.99. The lowest BCUT2D eigenvalue weighted by molar-refractivity contribution is 0.219. The van der Waals surface area contributed by atoms with Gasteiger partial charge in [-0.15, -0.1) is 0 Å². The van der Waals surface area contributed by atoms with Gasteiger partial charge in [-0.2, -0.15) is 0 Å². The molecule has 0 radical (unpaired) electrons. The summed E-state index contributed by atoms with van der Waals surface area (Å²) in [5.74, 6) is 0. The standard InChI is InChI=1S/C11H16BrO3P/c1-3-14-16(13,15-4-2)9-10-7-5-6-8-11(10)12/h5-8H,3-4,9H2,1-2H3/i9D2. The van der Waals surface area contributed by atoms with E-state index in [9.17, 15) is 4.57 Å². The van der Waals surface area contributed by atoms with Gasteiger partial charge in [-0.25, -0.2) is 0 Å². The summed E-state index contributed by atoms with van der Waals surface area (Å²) in [6.45, 7) is 3.56. The largest absolute Gasteiger partial charge is 0.335 e. The van der Waals surface area contributed by atoms with E-state index >= 15 is 0 Å². The van der Waals surface area contributed by atoms with E-state index in [0.717, 1.165) is 0 Å². The van der Waals surface area contributed by atoms with Gasteiger partial charge >= 0.3 is 7.60 Å². The van der Waals surface area contributed by atoms with E-state index in [1.807, 2.05) is 0 Å². The van der Waals surface area contributed by atoms with Crippen LogP contribution in [0, 0.1) is 0 Å². The molecule has 0 fully saturated rings. The van der Waals surface area contributed by atoms with E-state index in [4.69, 9.17) is 11.8 Å². The van der Waals surface area contributed by atoms with Crippen molar-refractivity contribution in [2.45, 2.75) is 20.0 Å². The number of hydrogen-bond donors (Lipinski definition) is 0. The van der Waals surface area contributed by atoms with Crippen LogP contribution >= 0.6 is 23.5 Å². The first kappa shape index (κ1) is 11.0. The highest BCUT2D eigenvalue weighted by Gasteiger charge is 2.24. The molecule has 0 amide bonds. The molecular weight excluding hydrogens is 291 g/mol. The molecule has 1 aromatic carbocycles. The molecule has 1 aromatic rings. The van der Waals surface area contributed by atoms with Gasteiger partial charge in [0.15, 0.2) is 0 Å². The predicted molar refractivity (Wildman–Crippen MR) is 68.7 cm³/mol. The maximum Gasteiger partial charge on any atom is 0.335 e. The minimum absolute atomic E-state index is 0.126. The van der Waals surface area contributed by atoms with Gasteiger partial charge in [-0.1, -0.05) is 34.1 Å². The first-order valence-corrected chi connectivity index (χ1v) is 7.36. The molecule has 0 heterocycles. The Bertz CT molecular complexity index is 444. The van der Waals surface area contributed by atoms with Gasteiger partial charge in [-0.3, -0.25) is 4.57 Å². The first-order chi connectivity index (χ1) is 8.39. The van der Waals surface area contributed by atoms with Gasteiger partial charge in [-0.05, 0) is 25.5 Å². The van der Waals surface area contributed by atoms with Crippen LogP contribution in [0.25, 0.3) is 0 Å². The highest BCUT2D eigenvalue weighted by atomic mass is 79.9. The van der Waals surface area contributed by atoms with Gasteiger partial charge in [0.2, 0.25) is 0 Å². The molecule has 5 heteroatoms. The molecule has 90 valence electrons. The summed E-state index contributed by atoms with van der Waals surface area (Å²) in [5, 5.41) is 0. The quantitative estimate of drug-likeness (QED) is 0.738. The van der Waals surface area contributed by atoms with Crippen LogP contribution in [0.1, 0.15) is 22.2 Å². The number of hydrogen-bond acceptors (Lipinski definition) is 3. The molecule has 0 saturated heterocycles. The zero-order valence-electron chi connectivity index (χ0n) is 11.3. The van der Waals surface area contributed by atoms with E-state index in [0.29, 0.717) is 4.47 Å². The molecule has 1 rings (SSSR count). The fourth-order valence-electron chi connectivity index (χ4n) is 1.14. The fraction of sp³-hybridized carbons (Fsp3) is 0.455. The van der Waals surface area contributed by atoms with Crippen LogP contribution < -0.4 is 0 Å². The summed E-state index contributed by atoms with van der Waals surface area (Å²) < 4.78 is 39.4. The van der Waals surface area contributed by atoms with E-state index in [1.54, 1.807) is 38.1 Å². The van der Waals surface area contributed by atoms with Crippen LogP contribution in [-0.2, 0) is 19.7 Å². The van der Waals surface area contributed by atoms with Crippen molar-refractivity contribution in [3.63, 3.8) is 0 Å². The van der Waals surface area contributed by atoms with E-state index in [-0.39, 0.29) is 18.8 Å². The molecular formula is C11H16BrO3P. The Morgan fingerprint density at radius 3 is 2.38 bits per heavy atom. The van der Waals surface area contributed by atoms with Crippen LogP contribution in [0.2, 0.25) is 0 Å². The zero-order chi connectivity index (χ0) is 13.8. The van der Waals surface area contributed by atoms with Gasteiger partial charge < -0.3 is 9.05 Å². The third kappa shape index (κ3) is 4.02. The molecule has 0 aliphatic rings. The second kappa shape index (κ2) is 6.55. The van der Waals surface area contributed by atoms with Crippen molar-refractivity contribution in [1.82, 2.24) is 0 Å². The molecule has 0 aliphatic carbocycles. The number of benzene rings is 1. The number of rotatable bonds is 6. The summed E-state index contributed by atoms with van der Waals surface area (Å²) in [6.07, 6.45) is -2.20. The maximum absolute atomic E-state index is 12.5. The molecule has 3 nitrogen and oxygen atoms in total. The maximum atomic E-state index is 12.5. The van der Waals surface area contributed by atoms with Crippen molar-refractivity contribution < 1.29 is 16.4 Å². The SMILES string of the molecule is [2H]C([2H])(c1ccccc1Br)P(=O)(OCC)OCC. The average molecular weight is 309 g/mol. The van der Waals surface area contributed by atoms with Gasteiger partial charge in [0.05, 0.1) is 19.3 Å². The Kier molecular flexibility index (Phi) is 4.49. The summed E-state index contributed by atoms with van der Waals surface area (Å²) in [4.78, 5) is 0. The lowest BCUT2D eigenvalue weighted by atomic mass is 10.2. The number of halogens is 1. The average Bonchev–Trinajstić information content (AvgIpc) is 2.29. The highest BCUT2D eigenvalue weighted by Crippen LogP contribution is 2.51. The minimum atomic E-state index is -3.87. The molecule has 0 saturated carbocycles. The molecule has 16 heavy (non-hydrogen) atoms. The Balaban J connectivity index is 3.25. The molecule has 0 atom stereocenters. The second-order valence-electron chi connectivity index (χ2n) is 2.92. The summed E-state index contributed by atoms with van der Waals surface area (Å²) in [5.41, 5.74) is 0.259. The second-order valence-corrected chi connectivity index (χ2v) is 5.51. The van der Waals surface area contributed by atoms with E-state index < -0.39 is 13.7 Å². The Morgan fingerprint density at radius 2 is 1.88 bits per heavy atom.